The summed E-state index contributed by atoms with van der Waals surface area (Å²) in [5.74, 6) is 0.327. The van der Waals surface area contributed by atoms with Gasteiger partial charge < -0.3 is 9.73 Å². The van der Waals surface area contributed by atoms with Crippen LogP contribution in [-0.2, 0) is 23.1 Å². The first-order chi connectivity index (χ1) is 12.5. The van der Waals surface area contributed by atoms with E-state index in [-0.39, 0.29) is 23.9 Å². The maximum atomic E-state index is 12.3. The molecule has 0 radical (unpaired) electrons. The first-order valence-corrected chi connectivity index (χ1v) is 9.32. The Kier molecular flexibility index (Phi) is 5.45. The first-order valence-electron chi connectivity index (χ1n) is 7.84. The van der Waals surface area contributed by atoms with E-state index < -0.39 is 10.0 Å². The Balaban J connectivity index is 1.61. The minimum Gasteiger partial charge on any atom is -0.467 e. The van der Waals surface area contributed by atoms with Gasteiger partial charge in [-0.2, -0.15) is 0 Å². The average molecular weight is 371 g/mol. The molecule has 2 N–H and O–H groups in total. The number of furan rings is 1. The predicted molar refractivity (Wildman–Crippen MR) is 94.6 cm³/mol. The number of pyridine rings is 1. The number of rotatable bonds is 7. The van der Waals surface area contributed by atoms with E-state index in [9.17, 15) is 13.2 Å². The summed E-state index contributed by atoms with van der Waals surface area (Å²) < 4.78 is 32.3. The molecule has 0 fully saturated rings. The number of hydrogen-bond donors (Lipinski definition) is 2. The van der Waals surface area contributed by atoms with E-state index in [1.54, 1.807) is 36.7 Å². The zero-order valence-electron chi connectivity index (χ0n) is 13.8. The number of carbonyl (C=O) groups excluding carboxylic acids is 1. The summed E-state index contributed by atoms with van der Waals surface area (Å²) in [6.07, 6.45) is 4.72. The normalized spacial score (nSPS) is 11.2. The van der Waals surface area contributed by atoms with Gasteiger partial charge in [0, 0.05) is 24.5 Å². The molecule has 1 amide bonds. The Morgan fingerprint density at radius 2 is 1.73 bits per heavy atom. The third kappa shape index (κ3) is 4.56. The van der Waals surface area contributed by atoms with Gasteiger partial charge in [0.2, 0.25) is 10.0 Å². The molecule has 0 saturated heterocycles. The van der Waals surface area contributed by atoms with Crippen LogP contribution in [-0.4, -0.2) is 19.3 Å². The van der Waals surface area contributed by atoms with E-state index in [1.165, 1.54) is 30.5 Å². The van der Waals surface area contributed by atoms with Gasteiger partial charge in [-0.05, 0) is 54.1 Å². The van der Waals surface area contributed by atoms with Gasteiger partial charge in [0.1, 0.15) is 5.76 Å². The van der Waals surface area contributed by atoms with Gasteiger partial charge in [-0.1, -0.05) is 0 Å². The lowest BCUT2D eigenvalue weighted by Crippen LogP contribution is -2.24. The maximum Gasteiger partial charge on any atom is 0.251 e. The Morgan fingerprint density at radius 3 is 2.38 bits per heavy atom. The summed E-state index contributed by atoms with van der Waals surface area (Å²) in [6, 6.07) is 12.7. The van der Waals surface area contributed by atoms with Crippen molar-refractivity contribution in [2.45, 2.75) is 18.0 Å². The van der Waals surface area contributed by atoms with Crippen molar-refractivity contribution in [3.8, 4) is 0 Å². The fourth-order valence-corrected chi connectivity index (χ4v) is 3.25. The van der Waals surface area contributed by atoms with Crippen molar-refractivity contribution >= 4 is 15.9 Å². The molecule has 1 aromatic carbocycles. The highest BCUT2D eigenvalue weighted by atomic mass is 32.2. The second-order valence-electron chi connectivity index (χ2n) is 5.47. The van der Waals surface area contributed by atoms with E-state index in [0.717, 1.165) is 5.56 Å². The van der Waals surface area contributed by atoms with Gasteiger partial charge in [-0.3, -0.25) is 9.78 Å². The van der Waals surface area contributed by atoms with Crippen molar-refractivity contribution in [2.75, 3.05) is 0 Å². The van der Waals surface area contributed by atoms with E-state index >= 15 is 0 Å². The second-order valence-corrected chi connectivity index (χ2v) is 7.23. The van der Waals surface area contributed by atoms with Gasteiger partial charge in [-0.15, -0.1) is 0 Å². The quantitative estimate of drug-likeness (QED) is 0.662. The van der Waals surface area contributed by atoms with Crippen LogP contribution in [0, 0.1) is 0 Å². The number of aromatic nitrogens is 1. The number of sulfonamides is 1. The van der Waals surface area contributed by atoms with Crippen molar-refractivity contribution in [1.82, 2.24) is 15.0 Å². The molecule has 0 saturated carbocycles. The Labute approximate surface area is 151 Å². The molecule has 3 aromatic rings. The molecule has 3 rings (SSSR count). The topological polar surface area (TPSA) is 101 Å². The zero-order valence-corrected chi connectivity index (χ0v) is 14.6. The summed E-state index contributed by atoms with van der Waals surface area (Å²) in [4.78, 5) is 16.1. The zero-order chi connectivity index (χ0) is 18.4. The minimum absolute atomic E-state index is 0.0918. The molecule has 0 bridgehead atoms. The fraction of sp³-hybridized carbons (Fsp3) is 0.111. The van der Waals surface area contributed by atoms with Crippen LogP contribution in [0.25, 0.3) is 0 Å². The van der Waals surface area contributed by atoms with Crippen LogP contribution in [0.5, 0.6) is 0 Å². The third-order valence-corrected chi connectivity index (χ3v) is 5.06. The lowest BCUT2D eigenvalue weighted by Gasteiger charge is -2.08. The summed E-state index contributed by atoms with van der Waals surface area (Å²) in [5.41, 5.74) is 1.17. The number of nitrogens with zero attached hydrogens (tertiary/aromatic N) is 1. The Morgan fingerprint density at radius 1 is 1.00 bits per heavy atom. The van der Waals surface area contributed by atoms with Crippen LogP contribution in [0.1, 0.15) is 21.7 Å². The lowest BCUT2D eigenvalue weighted by atomic mass is 10.2. The van der Waals surface area contributed by atoms with Gasteiger partial charge >= 0.3 is 0 Å². The molecular weight excluding hydrogens is 354 g/mol. The van der Waals surface area contributed by atoms with Crippen LogP contribution in [0.2, 0.25) is 0 Å². The molecule has 134 valence electrons. The average Bonchev–Trinajstić information content (AvgIpc) is 3.19. The molecule has 0 unspecified atom stereocenters. The molecule has 0 spiro atoms. The molecule has 26 heavy (non-hydrogen) atoms. The summed E-state index contributed by atoms with van der Waals surface area (Å²) in [5, 5.41) is 2.70. The number of amides is 1. The molecular formula is C18H17N3O4S. The molecule has 2 heterocycles. The van der Waals surface area contributed by atoms with Crippen molar-refractivity contribution in [1.29, 1.82) is 0 Å². The third-order valence-electron chi connectivity index (χ3n) is 3.65. The molecule has 8 heteroatoms. The van der Waals surface area contributed by atoms with Crippen LogP contribution < -0.4 is 10.0 Å². The lowest BCUT2D eigenvalue weighted by molar-refractivity contribution is 0.0948. The molecule has 0 atom stereocenters. The van der Waals surface area contributed by atoms with E-state index in [4.69, 9.17) is 4.42 Å². The number of hydrogen-bond acceptors (Lipinski definition) is 5. The SMILES string of the molecule is O=C(NCc1ccco1)c1ccc(S(=O)(=O)NCc2ccncc2)cc1. The highest BCUT2D eigenvalue weighted by Crippen LogP contribution is 2.12. The van der Waals surface area contributed by atoms with Crippen LogP contribution in [0.15, 0.2) is 76.5 Å². The molecule has 2 aromatic heterocycles. The van der Waals surface area contributed by atoms with E-state index in [0.29, 0.717) is 11.3 Å². The molecule has 0 aliphatic rings. The van der Waals surface area contributed by atoms with E-state index in [1.807, 2.05) is 0 Å². The molecule has 0 aliphatic carbocycles. The van der Waals surface area contributed by atoms with Crippen LogP contribution in [0.4, 0.5) is 0 Å². The van der Waals surface area contributed by atoms with Crippen molar-refractivity contribution in [3.05, 3.63) is 84.1 Å². The van der Waals surface area contributed by atoms with Crippen LogP contribution in [0.3, 0.4) is 0 Å². The highest BCUT2D eigenvalue weighted by Gasteiger charge is 2.15. The molecule has 7 nitrogen and oxygen atoms in total. The summed E-state index contributed by atoms with van der Waals surface area (Å²) in [6.45, 7) is 0.426. The largest absolute Gasteiger partial charge is 0.467 e. The number of nitrogens with one attached hydrogen (secondary N) is 2. The Hall–Kier alpha value is -2.97. The second kappa shape index (κ2) is 7.94. The van der Waals surface area contributed by atoms with Gasteiger partial charge in [0.05, 0.1) is 17.7 Å². The predicted octanol–water partition coefficient (Wildman–Crippen LogP) is 2.08. The van der Waals surface area contributed by atoms with Gasteiger partial charge in [0.15, 0.2) is 0 Å². The standard InChI is InChI=1S/C18H17N3O4S/c22-18(20-13-16-2-1-11-25-16)15-3-5-17(6-4-15)26(23,24)21-12-14-7-9-19-10-8-14/h1-11,21H,12-13H2,(H,20,22). The van der Waals surface area contributed by atoms with E-state index in [2.05, 4.69) is 15.0 Å². The summed E-state index contributed by atoms with van der Waals surface area (Å²) in [7, 11) is -3.67. The van der Waals surface area contributed by atoms with Crippen molar-refractivity contribution in [2.24, 2.45) is 0 Å². The summed E-state index contributed by atoms with van der Waals surface area (Å²) >= 11 is 0. The van der Waals surface area contributed by atoms with Gasteiger partial charge in [0.25, 0.3) is 5.91 Å². The fourth-order valence-electron chi connectivity index (χ4n) is 2.23. The van der Waals surface area contributed by atoms with Crippen molar-refractivity contribution < 1.29 is 17.6 Å². The number of benzene rings is 1. The van der Waals surface area contributed by atoms with Crippen molar-refractivity contribution in [3.63, 3.8) is 0 Å². The Bertz CT molecular complexity index is 953. The number of carbonyl (C=O) groups is 1. The highest BCUT2D eigenvalue weighted by molar-refractivity contribution is 7.89. The monoisotopic (exact) mass is 371 g/mol. The molecule has 0 aliphatic heterocycles. The minimum atomic E-state index is -3.67. The maximum absolute atomic E-state index is 12.3. The van der Waals surface area contributed by atoms with Crippen LogP contribution >= 0.6 is 0 Å². The van der Waals surface area contributed by atoms with Gasteiger partial charge in [-0.25, -0.2) is 13.1 Å². The first kappa shape index (κ1) is 17.8. The smallest absolute Gasteiger partial charge is 0.251 e.